The lowest BCUT2D eigenvalue weighted by atomic mass is 10.0. The van der Waals surface area contributed by atoms with Gasteiger partial charge in [-0.3, -0.25) is 0 Å². The molecule has 0 saturated carbocycles. The van der Waals surface area contributed by atoms with Crippen molar-refractivity contribution in [3.8, 4) is 5.75 Å². The number of hydrogen-bond donors (Lipinski definition) is 2. The molecule has 0 aliphatic rings. The minimum atomic E-state index is -0.840. The summed E-state index contributed by atoms with van der Waals surface area (Å²) in [6.45, 7) is 2.82. The van der Waals surface area contributed by atoms with Crippen LogP contribution in [0.25, 0.3) is 0 Å². The van der Waals surface area contributed by atoms with Gasteiger partial charge >= 0.3 is 0 Å². The monoisotopic (exact) mass is 247 g/mol. The fourth-order valence-corrected chi connectivity index (χ4v) is 1.83. The normalized spacial score (nSPS) is 12.4. The highest BCUT2D eigenvalue weighted by Gasteiger charge is 2.17. The van der Waals surface area contributed by atoms with Crippen molar-refractivity contribution in [1.29, 1.82) is 0 Å². The summed E-state index contributed by atoms with van der Waals surface area (Å²) in [6, 6.07) is 5.33. The average molecular weight is 247 g/mol. The number of aromatic nitrogens is 2. The van der Waals surface area contributed by atoms with Gasteiger partial charge in [-0.05, 0) is 13.0 Å². The van der Waals surface area contributed by atoms with Crippen LogP contribution in [0.5, 0.6) is 5.75 Å². The maximum atomic E-state index is 10.3. The molecule has 0 fully saturated rings. The molecule has 0 amide bonds. The molecule has 1 unspecified atom stereocenters. The summed E-state index contributed by atoms with van der Waals surface area (Å²) in [6.07, 6.45) is 2.66. The van der Waals surface area contributed by atoms with Gasteiger partial charge in [0, 0.05) is 18.3 Å². The van der Waals surface area contributed by atoms with E-state index in [0.29, 0.717) is 22.7 Å². The van der Waals surface area contributed by atoms with Gasteiger partial charge in [0.1, 0.15) is 11.9 Å². The number of imidazole rings is 1. The summed E-state index contributed by atoms with van der Waals surface area (Å²) >= 11 is 0. The van der Waals surface area contributed by atoms with Crippen molar-refractivity contribution in [1.82, 2.24) is 9.55 Å². The van der Waals surface area contributed by atoms with E-state index in [9.17, 15) is 5.11 Å². The van der Waals surface area contributed by atoms with Crippen molar-refractivity contribution in [3.05, 3.63) is 42.0 Å². The van der Waals surface area contributed by atoms with Crippen LogP contribution in [0.1, 0.15) is 24.3 Å². The molecular weight excluding hydrogens is 230 g/mol. The number of aryl methyl sites for hydroxylation is 1. The molecule has 3 N–H and O–H groups in total. The van der Waals surface area contributed by atoms with Crippen LogP contribution in [0, 0.1) is 0 Å². The zero-order valence-corrected chi connectivity index (χ0v) is 10.5. The first kappa shape index (κ1) is 12.4. The summed E-state index contributed by atoms with van der Waals surface area (Å²) in [7, 11) is 1.55. The minimum absolute atomic E-state index is 0.443. The third-order valence-electron chi connectivity index (χ3n) is 2.91. The number of para-hydroxylation sites is 1. The van der Waals surface area contributed by atoms with Crippen LogP contribution in [0.15, 0.2) is 30.7 Å². The van der Waals surface area contributed by atoms with Crippen molar-refractivity contribution < 1.29 is 9.84 Å². The topological polar surface area (TPSA) is 73.3 Å². The van der Waals surface area contributed by atoms with Gasteiger partial charge in [0.05, 0.1) is 24.8 Å². The highest BCUT2D eigenvalue weighted by Crippen LogP contribution is 2.31. The van der Waals surface area contributed by atoms with Crippen molar-refractivity contribution >= 4 is 5.69 Å². The Morgan fingerprint density at radius 1 is 1.50 bits per heavy atom. The maximum absolute atomic E-state index is 10.3. The second kappa shape index (κ2) is 5.10. The molecule has 1 aromatic heterocycles. The number of anilines is 1. The van der Waals surface area contributed by atoms with Crippen molar-refractivity contribution in [3.63, 3.8) is 0 Å². The standard InChI is InChI=1S/C13H17N3O2/c1-3-16-7-10(15-8-16)13(17)9-5-4-6-11(18-2)12(9)14/h4-8,13,17H,3,14H2,1-2H3. The number of ether oxygens (including phenoxy) is 1. The van der Waals surface area contributed by atoms with E-state index < -0.39 is 6.10 Å². The average Bonchev–Trinajstić information content (AvgIpc) is 2.87. The van der Waals surface area contributed by atoms with E-state index >= 15 is 0 Å². The Hall–Kier alpha value is -2.01. The van der Waals surface area contributed by atoms with Crippen LogP contribution in [0.4, 0.5) is 5.69 Å². The SMILES string of the molecule is CCn1cnc(C(O)c2cccc(OC)c2N)c1. The largest absolute Gasteiger partial charge is 0.495 e. The Bertz CT molecular complexity index is 537. The zero-order chi connectivity index (χ0) is 13.1. The lowest BCUT2D eigenvalue weighted by molar-refractivity contribution is 0.216. The molecule has 0 spiro atoms. The Balaban J connectivity index is 2.36. The molecule has 0 radical (unpaired) electrons. The smallest absolute Gasteiger partial charge is 0.142 e. The van der Waals surface area contributed by atoms with Crippen molar-refractivity contribution in [2.24, 2.45) is 0 Å². The summed E-state index contributed by atoms with van der Waals surface area (Å²) in [5, 5.41) is 10.3. The molecule has 5 heteroatoms. The molecule has 0 saturated heterocycles. The first-order chi connectivity index (χ1) is 8.67. The highest BCUT2D eigenvalue weighted by molar-refractivity contribution is 5.60. The fourth-order valence-electron chi connectivity index (χ4n) is 1.83. The first-order valence-corrected chi connectivity index (χ1v) is 5.79. The quantitative estimate of drug-likeness (QED) is 0.804. The third-order valence-corrected chi connectivity index (χ3v) is 2.91. The Labute approximate surface area is 106 Å². The van der Waals surface area contributed by atoms with Gasteiger partial charge < -0.3 is 20.1 Å². The van der Waals surface area contributed by atoms with E-state index in [4.69, 9.17) is 10.5 Å². The van der Waals surface area contributed by atoms with E-state index in [-0.39, 0.29) is 0 Å². The molecule has 1 heterocycles. The van der Waals surface area contributed by atoms with Crippen LogP contribution < -0.4 is 10.5 Å². The lowest BCUT2D eigenvalue weighted by Crippen LogP contribution is -2.05. The van der Waals surface area contributed by atoms with E-state index in [1.807, 2.05) is 17.7 Å². The second-order valence-electron chi connectivity index (χ2n) is 3.99. The van der Waals surface area contributed by atoms with Gasteiger partial charge in [-0.15, -0.1) is 0 Å². The number of nitrogens with two attached hydrogens (primary N) is 1. The van der Waals surface area contributed by atoms with E-state index in [1.165, 1.54) is 0 Å². The fraction of sp³-hybridized carbons (Fsp3) is 0.308. The van der Waals surface area contributed by atoms with E-state index in [0.717, 1.165) is 6.54 Å². The highest BCUT2D eigenvalue weighted by atomic mass is 16.5. The summed E-state index contributed by atoms with van der Waals surface area (Å²) in [4.78, 5) is 4.18. The molecule has 1 atom stereocenters. The van der Waals surface area contributed by atoms with Gasteiger partial charge in [0.15, 0.2) is 0 Å². The van der Waals surface area contributed by atoms with E-state index in [1.54, 1.807) is 31.6 Å². The van der Waals surface area contributed by atoms with Crippen LogP contribution in [0.2, 0.25) is 0 Å². The predicted molar refractivity (Wildman–Crippen MR) is 69.4 cm³/mol. The van der Waals surface area contributed by atoms with Crippen molar-refractivity contribution in [2.45, 2.75) is 19.6 Å². The van der Waals surface area contributed by atoms with Crippen LogP contribution in [-0.2, 0) is 6.54 Å². The summed E-state index contributed by atoms with van der Waals surface area (Å²) in [5.74, 6) is 0.557. The molecule has 5 nitrogen and oxygen atoms in total. The van der Waals surface area contributed by atoms with Gasteiger partial charge in [-0.2, -0.15) is 0 Å². The van der Waals surface area contributed by atoms with Crippen LogP contribution in [-0.4, -0.2) is 21.8 Å². The Kier molecular flexibility index (Phi) is 3.53. The van der Waals surface area contributed by atoms with Gasteiger partial charge in [0.2, 0.25) is 0 Å². The second-order valence-corrected chi connectivity index (χ2v) is 3.99. The Morgan fingerprint density at radius 3 is 2.89 bits per heavy atom. The summed E-state index contributed by atoms with van der Waals surface area (Å²) < 4.78 is 7.03. The molecule has 18 heavy (non-hydrogen) atoms. The third kappa shape index (κ3) is 2.17. The number of methoxy groups -OCH3 is 1. The number of aliphatic hydroxyl groups is 1. The van der Waals surface area contributed by atoms with Gasteiger partial charge in [0.25, 0.3) is 0 Å². The molecule has 0 bridgehead atoms. The molecule has 0 aliphatic carbocycles. The Morgan fingerprint density at radius 2 is 2.28 bits per heavy atom. The van der Waals surface area contributed by atoms with Crippen molar-refractivity contribution in [2.75, 3.05) is 12.8 Å². The summed E-state index contributed by atoms with van der Waals surface area (Å²) in [5.41, 5.74) is 7.58. The number of aliphatic hydroxyl groups excluding tert-OH is 1. The number of nitrogen functional groups attached to an aromatic ring is 1. The minimum Gasteiger partial charge on any atom is -0.495 e. The molecule has 2 aromatic rings. The zero-order valence-electron chi connectivity index (χ0n) is 10.5. The number of rotatable bonds is 4. The molecule has 1 aromatic carbocycles. The molecular formula is C13H17N3O2. The molecule has 0 aliphatic heterocycles. The van der Waals surface area contributed by atoms with E-state index in [2.05, 4.69) is 4.98 Å². The predicted octanol–water partition coefficient (Wildman–Crippen LogP) is 1.58. The number of hydrogen-bond acceptors (Lipinski definition) is 4. The lowest BCUT2D eigenvalue weighted by Gasteiger charge is -2.13. The van der Waals surface area contributed by atoms with Crippen LogP contribution in [0.3, 0.4) is 0 Å². The maximum Gasteiger partial charge on any atom is 0.142 e. The first-order valence-electron chi connectivity index (χ1n) is 5.79. The molecule has 2 rings (SSSR count). The van der Waals surface area contributed by atoms with Gasteiger partial charge in [-0.25, -0.2) is 4.98 Å². The van der Waals surface area contributed by atoms with Crippen LogP contribution >= 0.6 is 0 Å². The number of nitrogens with zero attached hydrogens (tertiary/aromatic N) is 2. The molecule has 96 valence electrons. The van der Waals surface area contributed by atoms with Gasteiger partial charge in [-0.1, -0.05) is 12.1 Å². The number of benzene rings is 1.